The van der Waals surface area contributed by atoms with Crippen molar-refractivity contribution >= 4 is 19.7 Å². The molecular formula is C11H24N4O4S2. The maximum Gasteiger partial charge on any atom is 0.281 e. The van der Waals surface area contributed by atoms with Crippen molar-refractivity contribution in [2.24, 2.45) is 0 Å². The van der Waals surface area contributed by atoms with Crippen molar-refractivity contribution in [1.82, 2.24) is 20.4 Å². The topological polar surface area (TPSA) is 98.8 Å². The second kappa shape index (κ2) is 6.09. The Morgan fingerprint density at radius 1 is 0.714 bits per heavy atom. The van der Waals surface area contributed by atoms with Gasteiger partial charge in [0.2, 0.25) is 0 Å². The second-order valence-electron chi connectivity index (χ2n) is 5.57. The molecule has 0 bridgehead atoms. The lowest BCUT2D eigenvalue weighted by Crippen LogP contribution is -2.73. The highest BCUT2D eigenvalue weighted by molar-refractivity contribution is 8.09. The maximum atomic E-state index is 12.6. The summed E-state index contributed by atoms with van der Waals surface area (Å²) in [6.45, 7) is 3.90. The fourth-order valence-corrected chi connectivity index (χ4v) is 8.11. The first-order chi connectivity index (χ1) is 9.71. The third-order valence-corrected chi connectivity index (χ3v) is 8.78. The van der Waals surface area contributed by atoms with E-state index in [4.69, 9.17) is 0 Å². The largest absolute Gasteiger partial charge is 0.314 e. The van der Waals surface area contributed by atoms with Gasteiger partial charge in [0.15, 0.2) is 19.7 Å². The van der Waals surface area contributed by atoms with Crippen molar-refractivity contribution in [2.75, 3.05) is 64.9 Å². The van der Waals surface area contributed by atoms with Gasteiger partial charge in [-0.25, -0.2) is 16.8 Å². The first-order valence-electron chi connectivity index (χ1n) is 7.02. The molecule has 2 saturated heterocycles. The van der Waals surface area contributed by atoms with Crippen molar-refractivity contribution in [3.63, 3.8) is 0 Å². The van der Waals surface area contributed by atoms with E-state index in [2.05, 4.69) is 10.6 Å². The van der Waals surface area contributed by atoms with Gasteiger partial charge in [0, 0.05) is 64.9 Å². The molecule has 10 heteroatoms. The lowest BCUT2D eigenvalue weighted by Gasteiger charge is -2.49. The predicted octanol–water partition coefficient (Wildman–Crippen LogP) is -2.50. The van der Waals surface area contributed by atoms with Crippen molar-refractivity contribution in [3.05, 3.63) is 0 Å². The molecular weight excluding hydrogens is 316 g/mol. The van der Waals surface area contributed by atoms with E-state index < -0.39 is 24.0 Å². The smallest absolute Gasteiger partial charge is 0.281 e. The third kappa shape index (κ3) is 2.97. The summed E-state index contributed by atoms with van der Waals surface area (Å²) in [6.07, 6.45) is 2.05. The predicted molar refractivity (Wildman–Crippen MR) is 81.3 cm³/mol. The second-order valence-corrected chi connectivity index (χ2v) is 10.1. The van der Waals surface area contributed by atoms with Gasteiger partial charge < -0.3 is 10.6 Å². The average Bonchev–Trinajstić information content (AvgIpc) is 2.38. The Bertz CT molecular complexity index is 511. The summed E-state index contributed by atoms with van der Waals surface area (Å²) in [5, 5.41) is 6.26. The number of nitrogens with one attached hydrogen (secondary N) is 2. The van der Waals surface area contributed by atoms with Crippen LogP contribution in [-0.4, -0.2) is 95.8 Å². The van der Waals surface area contributed by atoms with Gasteiger partial charge in [0.25, 0.3) is 4.33 Å². The van der Waals surface area contributed by atoms with Crippen LogP contribution in [0.4, 0.5) is 0 Å². The van der Waals surface area contributed by atoms with Crippen LogP contribution in [0.3, 0.4) is 0 Å². The van der Waals surface area contributed by atoms with Gasteiger partial charge in [-0.3, -0.25) is 9.80 Å². The van der Waals surface area contributed by atoms with Crippen LogP contribution in [-0.2, 0) is 19.7 Å². The number of nitrogens with zero attached hydrogens (tertiary/aromatic N) is 2. The van der Waals surface area contributed by atoms with E-state index in [9.17, 15) is 16.8 Å². The SMILES string of the molecule is CS(=O)(=O)C(N1CCNCC1)(N1CCNCC1)S(C)(=O)=O. The molecule has 0 aliphatic carbocycles. The van der Waals surface area contributed by atoms with Crippen LogP contribution in [0.25, 0.3) is 0 Å². The van der Waals surface area contributed by atoms with Crippen molar-refractivity contribution in [1.29, 1.82) is 0 Å². The van der Waals surface area contributed by atoms with E-state index in [1.165, 1.54) is 0 Å². The van der Waals surface area contributed by atoms with Gasteiger partial charge in [-0.2, -0.15) is 0 Å². The molecule has 2 N–H and O–H groups in total. The molecule has 0 aromatic rings. The highest BCUT2D eigenvalue weighted by Crippen LogP contribution is 2.33. The van der Waals surface area contributed by atoms with E-state index in [1.54, 1.807) is 9.80 Å². The maximum absolute atomic E-state index is 12.6. The molecule has 124 valence electrons. The van der Waals surface area contributed by atoms with Crippen molar-refractivity contribution < 1.29 is 16.8 Å². The molecule has 21 heavy (non-hydrogen) atoms. The van der Waals surface area contributed by atoms with Gasteiger partial charge in [-0.05, 0) is 0 Å². The lowest BCUT2D eigenvalue weighted by molar-refractivity contribution is 0.0470. The van der Waals surface area contributed by atoms with Gasteiger partial charge in [0.1, 0.15) is 0 Å². The summed E-state index contributed by atoms with van der Waals surface area (Å²) < 4.78 is 48.4. The van der Waals surface area contributed by atoms with E-state index in [0.29, 0.717) is 52.4 Å². The van der Waals surface area contributed by atoms with Crippen LogP contribution in [0.5, 0.6) is 0 Å². The number of sulfone groups is 2. The van der Waals surface area contributed by atoms with Crippen LogP contribution < -0.4 is 10.6 Å². The zero-order valence-corrected chi connectivity index (χ0v) is 14.1. The molecule has 0 amide bonds. The Kier molecular flexibility index (Phi) is 4.96. The Balaban J connectivity index is 2.58. The molecule has 0 unspecified atom stereocenters. The minimum atomic E-state index is -3.88. The molecule has 0 saturated carbocycles. The Morgan fingerprint density at radius 3 is 1.24 bits per heavy atom. The highest BCUT2D eigenvalue weighted by atomic mass is 32.3. The first-order valence-corrected chi connectivity index (χ1v) is 10.8. The summed E-state index contributed by atoms with van der Waals surface area (Å²) in [4.78, 5) is 3.19. The summed E-state index contributed by atoms with van der Waals surface area (Å²) in [7, 11) is -7.75. The number of piperazine rings is 2. The number of rotatable bonds is 4. The number of hydrogen-bond acceptors (Lipinski definition) is 8. The van der Waals surface area contributed by atoms with Gasteiger partial charge in [-0.1, -0.05) is 0 Å². The summed E-state index contributed by atoms with van der Waals surface area (Å²) in [5.74, 6) is 0. The monoisotopic (exact) mass is 340 g/mol. The highest BCUT2D eigenvalue weighted by Gasteiger charge is 2.59. The van der Waals surface area contributed by atoms with Crippen LogP contribution >= 0.6 is 0 Å². The van der Waals surface area contributed by atoms with Crippen LogP contribution in [0.2, 0.25) is 0 Å². The van der Waals surface area contributed by atoms with Crippen molar-refractivity contribution in [2.45, 2.75) is 4.33 Å². The molecule has 0 aromatic carbocycles. The average molecular weight is 340 g/mol. The van der Waals surface area contributed by atoms with Crippen molar-refractivity contribution in [3.8, 4) is 0 Å². The van der Waals surface area contributed by atoms with E-state index in [1.807, 2.05) is 0 Å². The lowest BCUT2D eigenvalue weighted by atomic mass is 10.3. The van der Waals surface area contributed by atoms with Gasteiger partial charge >= 0.3 is 0 Å². The minimum absolute atomic E-state index is 0.393. The Labute approximate surface area is 126 Å². The number of hydrogen-bond donors (Lipinski definition) is 2. The third-order valence-electron chi connectivity index (χ3n) is 4.00. The molecule has 2 aliphatic heterocycles. The van der Waals surface area contributed by atoms with Gasteiger partial charge in [-0.15, -0.1) is 0 Å². The fraction of sp³-hybridized carbons (Fsp3) is 1.00. The molecule has 8 nitrogen and oxygen atoms in total. The minimum Gasteiger partial charge on any atom is -0.314 e. The van der Waals surface area contributed by atoms with E-state index in [0.717, 1.165) is 12.5 Å². The molecule has 2 aliphatic rings. The van der Waals surface area contributed by atoms with Gasteiger partial charge in [0.05, 0.1) is 0 Å². The van der Waals surface area contributed by atoms with Crippen LogP contribution in [0, 0.1) is 0 Å². The molecule has 0 aromatic heterocycles. The van der Waals surface area contributed by atoms with Crippen LogP contribution in [0.15, 0.2) is 0 Å². The van der Waals surface area contributed by atoms with E-state index in [-0.39, 0.29) is 0 Å². The molecule has 0 radical (unpaired) electrons. The van der Waals surface area contributed by atoms with Crippen LogP contribution in [0.1, 0.15) is 0 Å². The molecule has 0 atom stereocenters. The molecule has 0 spiro atoms. The quantitative estimate of drug-likeness (QED) is 0.579. The normalized spacial score (nSPS) is 24.1. The Hall–Kier alpha value is -0.260. The molecule has 2 heterocycles. The standard InChI is InChI=1S/C11H24N4O4S2/c1-20(16,17)11(21(2,18)19,14-7-3-12-4-8-14)15-9-5-13-6-10-15/h12-13H,3-10H2,1-2H3. The molecule has 2 rings (SSSR count). The fourth-order valence-electron chi connectivity index (χ4n) is 3.31. The summed E-state index contributed by atoms with van der Waals surface area (Å²) in [5.41, 5.74) is 0. The van der Waals surface area contributed by atoms with E-state index >= 15 is 0 Å². The zero-order chi connectivity index (χ0) is 15.7. The zero-order valence-electron chi connectivity index (χ0n) is 12.5. The molecule has 2 fully saturated rings. The summed E-state index contributed by atoms with van der Waals surface area (Å²) in [6, 6.07) is 0. The summed E-state index contributed by atoms with van der Waals surface area (Å²) >= 11 is 0. The first kappa shape index (κ1) is 17.1. The Morgan fingerprint density at radius 2 is 1.00 bits per heavy atom.